The molecule has 0 atom stereocenters. The van der Waals surface area contributed by atoms with Gasteiger partial charge < -0.3 is 5.11 Å². The number of carbonyl (C=O) groups is 1. The third-order valence-electron chi connectivity index (χ3n) is 2.70. The standard InChI is InChI=1S/C14H12O2/c1-10-12(6-9-14(10)16)5-2-11-3-7-13(15)8-4-11/h3-4,7-8,15H,6,9H2,1H3. The predicted molar refractivity (Wildman–Crippen MR) is 61.9 cm³/mol. The summed E-state index contributed by atoms with van der Waals surface area (Å²) in [6.45, 7) is 1.83. The number of benzene rings is 1. The van der Waals surface area contributed by atoms with Gasteiger partial charge in [0.1, 0.15) is 5.75 Å². The number of Topliss-reactive ketones (excluding diaryl/α,β-unsaturated/α-hetero) is 1. The smallest absolute Gasteiger partial charge is 0.159 e. The van der Waals surface area contributed by atoms with E-state index in [9.17, 15) is 4.79 Å². The summed E-state index contributed by atoms with van der Waals surface area (Å²) in [5.41, 5.74) is 2.59. The van der Waals surface area contributed by atoms with Crippen LogP contribution in [0.5, 0.6) is 5.75 Å². The first kappa shape index (κ1) is 10.5. The number of hydrogen-bond acceptors (Lipinski definition) is 2. The number of rotatable bonds is 0. The van der Waals surface area contributed by atoms with Gasteiger partial charge in [0.25, 0.3) is 0 Å². The van der Waals surface area contributed by atoms with Crippen molar-refractivity contribution in [2.75, 3.05) is 0 Å². The zero-order chi connectivity index (χ0) is 11.5. The molecule has 0 aliphatic heterocycles. The largest absolute Gasteiger partial charge is 0.508 e. The third-order valence-corrected chi connectivity index (χ3v) is 2.70. The first-order valence-electron chi connectivity index (χ1n) is 5.21. The zero-order valence-corrected chi connectivity index (χ0v) is 9.08. The third kappa shape index (κ3) is 2.14. The van der Waals surface area contributed by atoms with Gasteiger partial charge in [0.15, 0.2) is 5.78 Å². The van der Waals surface area contributed by atoms with Crippen molar-refractivity contribution in [1.82, 2.24) is 0 Å². The van der Waals surface area contributed by atoms with Crippen LogP contribution >= 0.6 is 0 Å². The normalized spacial score (nSPS) is 14.9. The van der Waals surface area contributed by atoms with Gasteiger partial charge in [0.05, 0.1) is 0 Å². The molecule has 1 aliphatic carbocycles. The number of carbonyl (C=O) groups excluding carboxylic acids is 1. The van der Waals surface area contributed by atoms with E-state index in [0.717, 1.165) is 23.1 Å². The summed E-state index contributed by atoms with van der Waals surface area (Å²) in [6.07, 6.45) is 1.35. The Labute approximate surface area is 94.6 Å². The number of allylic oxidation sites excluding steroid dienone is 2. The molecule has 1 aliphatic rings. The number of aromatic hydroxyl groups is 1. The maximum Gasteiger partial charge on any atom is 0.159 e. The molecule has 2 nitrogen and oxygen atoms in total. The second-order valence-corrected chi connectivity index (χ2v) is 3.82. The van der Waals surface area contributed by atoms with Crippen molar-refractivity contribution >= 4 is 5.78 Å². The molecule has 0 bridgehead atoms. The molecule has 0 unspecified atom stereocenters. The molecular weight excluding hydrogens is 200 g/mol. The average Bonchev–Trinajstić information content (AvgIpc) is 2.60. The Hall–Kier alpha value is -2.01. The zero-order valence-electron chi connectivity index (χ0n) is 9.08. The summed E-state index contributed by atoms with van der Waals surface area (Å²) in [4.78, 5) is 11.3. The average molecular weight is 212 g/mol. The fourth-order valence-electron chi connectivity index (χ4n) is 1.63. The second kappa shape index (κ2) is 4.24. The Bertz CT molecular complexity index is 510. The SMILES string of the molecule is CC1=C(C#Cc2ccc(O)cc2)CCC1=O. The van der Waals surface area contributed by atoms with Gasteiger partial charge in [0, 0.05) is 23.1 Å². The molecule has 1 aromatic carbocycles. The molecule has 0 saturated heterocycles. The molecule has 0 spiro atoms. The lowest BCUT2D eigenvalue weighted by molar-refractivity contribution is -0.114. The fourth-order valence-corrected chi connectivity index (χ4v) is 1.63. The van der Waals surface area contributed by atoms with Crippen molar-refractivity contribution in [3.8, 4) is 17.6 Å². The number of phenols is 1. The first-order chi connectivity index (χ1) is 7.66. The van der Waals surface area contributed by atoms with E-state index in [1.807, 2.05) is 6.92 Å². The van der Waals surface area contributed by atoms with Crippen LogP contribution in [0.1, 0.15) is 25.3 Å². The highest BCUT2D eigenvalue weighted by Gasteiger charge is 2.17. The van der Waals surface area contributed by atoms with Gasteiger partial charge in [0.2, 0.25) is 0 Å². The highest BCUT2D eigenvalue weighted by molar-refractivity contribution is 5.99. The van der Waals surface area contributed by atoms with Gasteiger partial charge in [-0.15, -0.1) is 0 Å². The van der Waals surface area contributed by atoms with E-state index >= 15 is 0 Å². The maximum atomic E-state index is 11.3. The Morgan fingerprint density at radius 1 is 1.12 bits per heavy atom. The Morgan fingerprint density at radius 3 is 2.38 bits per heavy atom. The molecule has 0 aromatic heterocycles. The number of hydrogen-bond donors (Lipinski definition) is 1. The van der Waals surface area contributed by atoms with Crippen LogP contribution in [-0.2, 0) is 4.79 Å². The Morgan fingerprint density at radius 2 is 1.81 bits per heavy atom. The lowest BCUT2D eigenvalue weighted by Gasteiger charge is -1.92. The molecule has 1 N–H and O–H groups in total. The van der Waals surface area contributed by atoms with Crippen LogP contribution in [0.3, 0.4) is 0 Å². The molecular formula is C14H12O2. The van der Waals surface area contributed by atoms with Gasteiger partial charge in [-0.25, -0.2) is 0 Å². The molecule has 0 heterocycles. The quantitative estimate of drug-likeness (QED) is 0.670. The van der Waals surface area contributed by atoms with Crippen LogP contribution < -0.4 is 0 Å². The van der Waals surface area contributed by atoms with E-state index in [4.69, 9.17) is 5.11 Å². The van der Waals surface area contributed by atoms with E-state index in [2.05, 4.69) is 11.8 Å². The van der Waals surface area contributed by atoms with E-state index in [0.29, 0.717) is 6.42 Å². The molecule has 16 heavy (non-hydrogen) atoms. The molecule has 2 rings (SSSR count). The van der Waals surface area contributed by atoms with Crippen LogP contribution in [0.25, 0.3) is 0 Å². The summed E-state index contributed by atoms with van der Waals surface area (Å²) in [5, 5.41) is 9.11. The predicted octanol–water partition coefficient (Wildman–Crippen LogP) is 2.42. The van der Waals surface area contributed by atoms with Crippen molar-refractivity contribution in [2.24, 2.45) is 0 Å². The van der Waals surface area contributed by atoms with E-state index in [-0.39, 0.29) is 11.5 Å². The van der Waals surface area contributed by atoms with Crippen molar-refractivity contribution in [3.05, 3.63) is 41.0 Å². The molecule has 0 fully saturated rings. The van der Waals surface area contributed by atoms with Gasteiger partial charge in [-0.05, 0) is 37.6 Å². The summed E-state index contributed by atoms with van der Waals surface area (Å²) in [7, 11) is 0. The minimum atomic E-state index is 0.204. The van der Waals surface area contributed by atoms with E-state index in [1.165, 1.54) is 0 Å². The topological polar surface area (TPSA) is 37.3 Å². The van der Waals surface area contributed by atoms with E-state index < -0.39 is 0 Å². The highest BCUT2D eigenvalue weighted by atomic mass is 16.3. The molecule has 0 saturated carbocycles. The van der Waals surface area contributed by atoms with Gasteiger partial charge in [-0.2, -0.15) is 0 Å². The minimum absolute atomic E-state index is 0.204. The van der Waals surface area contributed by atoms with Crippen molar-refractivity contribution in [1.29, 1.82) is 0 Å². The summed E-state index contributed by atoms with van der Waals surface area (Å²) < 4.78 is 0. The lowest BCUT2D eigenvalue weighted by atomic mass is 10.1. The lowest BCUT2D eigenvalue weighted by Crippen LogP contribution is -1.89. The molecule has 1 aromatic rings. The van der Waals surface area contributed by atoms with Gasteiger partial charge in [-0.1, -0.05) is 11.8 Å². The van der Waals surface area contributed by atoms with Crippen LogP contribution in [0.2, 0.25) is 0 Å². The van der Waals surface area contributed by atoms with Crippen molar-refractivity contribution < 1.29 is 9.90 Å². The van der Waals surface area contributed by atoms with Gasteiger partial charge >= 0.3 is 0 Å². The summed E-state index contributed by atoms with van der Waals surface area (Å²) in [5.74, 6) is 6.46. The van der Waals surface area contributed by atoms with Crippen LogP contribution in [0.4, 0.5) is 0 Å². The van der Waals surface area contributed by atoms with Gasteiger partial charge in [-0.3, -0.25) is 4.79 Å². The van der Waals surface area contributed by atoms with Crippen LogP contribution in [0, 0.1) is 11.8 Å². The number of ketones is 1. The number of phenolic OH excluding ortho intramolecular Hbond substituents is 1. The summed E-state index contributed by atoms with van der Waals surface area (Å²) in [6, 6.07) is 6.72. The molecule has 0 amide bonds. The van der Waals surface area contributed by atoms with E-state index in [1.54, 1.807) is 24.3 Å². The summed E-state index contributed by atoms with van der Waals surface area (Å²) >= 11 is 0. The maximum absolute atomic E-state index is 11.3. The molecule has 0 radical (unpaired) electrons. The van der Waals surface area contributed by atoms with Crippen LogP contribution in [0.15, 0.2) is 35.4 Å². The van der Waals surface area contributed by atoms with Crippen molar-refractivity contribution in [2.45, 2.75) is 19.8 Å². The molecule has 80 valence electrons. The monoisotopic (exact) mass is 212 g/mol. The minimum Gasteiger partial charge on any atom is -0.508 e. The second-order valence-electron chi connectivity index (χ2n) is 3.82. The molecule has 2 heteroatoms. The van der Waals surface area contributed by atoms with Crippen LogP contribution in [-0.4, -0.2) is 10.9 Å². The Kier molecular flexibility index (Phi) is 2.78. The van der Waals surface area contributed by atoms with Crippen molar-refractivity contribution in [3.63, 3.8) is 0 Å². The Balaban J connectivity index is 2.23. The highest BCUT2D eigenvalue weighted by Crippen LogP contribution is 2.21. The fraction of sp³-hybridized carbons (Fsp3) is 0.214. The first-order valence-corrected chi connectivity index (χ1v) is 5.21.